The van der Waals surface area contributed by atoms with Crippen LogP contribution in [0.5, 0.6) is 23.0 Å². The van der Waals surface area contributed by atoms with Gasteiger partial charge in [-0.05, 0) is 55.7 Å². The van der Waals surface area contributed by atoms with Crippen LogP contribution in [0.2, 0.25) is 0 Å². The van der Waals surface area contributed by atoms with E-state index in [2.05, 4.69) is 10.6 Å². The zero-order valence-corrected chi connectivity index (χ0v) is 20.0. The number of nitrogens with one attached hydrogen (secondary N) is 2. The summed E-state index contributed by atoms with van der Waals surface area (Å²) < 4.78 is 22.0. The minimum atomic E-state index is -0.383. The van der Waals surface area contributed by atoms with E-state index in [1.165, 1.54) is 14.2 Å². The number of rotatable bonds is 13. The van der Waals surface area contributed by atoms with Crippen molar-refractivity contribution in [3.05, 3.63) is 47.5 Å². The molecule has 8 nitrogen and oxygen atoms in total. The molecule has 8 heteroatoms. The van der Waals surface area contributed by atoms with Crippen molar-refractivity contribution in [2.75, 3.05) is 34.0 Å². The van der Waals surface area contributed by atoms with E-state index >= 15 is 0 Å². The van der Waals surface area contributed by atoms with Crippen LogP contribution in [0, 0.1) is 0 Å². The van der Waals surface area contributed by atoms with Crippen molar-refractivity contribution in [1.82, 2.24) is 10.6 Å². The van der Waals surface area contributed by atoms with E-state index in [0.29, 0.717) is 41.8 Å². The van der Waals surface area contributed by atoms with E-state index < -0.39 is 0 Å². The fourth-order valence-corrected chi connectivity index (χ4v) is 3.07. The van der Waals surface area contributed by atoms with Crippen molar-refractivity contribution in [2.24, 2.45) is 0 Å². The number of carbonyl (C=O) groups is 2. The van der Waals surface area contributed by atoms with E-state index in [0.717, 1.165) is 18.4 Å². The van der Waals surface area contributed by atoms with Crippen molar-refractivity contribution in [2.45, 2.75) is 39.7 Å². The van der Waals surface area contributed by atoms with E-state index in [4.69, 9.17) is 18.9 Å². The molecule has 0 heterocycles. The third-order valence-electron chi connectivity index (χ3n) is 4.82. The molecule has 2 aromatic carbocycles. The summed E-state index contributed by atoms with van der Waals surface area (Å²) in [5.74, 6) is 1.62. The molecular weight excluding hydrogens is 424 g/mol. The molecule has 2 N–H and O–H groups in total. The molecule has 2 rings (SSSR count). The lowest BCUT2D eigenvalue weighted by Gasteiger charge is -2.18. The minimum Gasteiger partial charge on any atom is -0.493 e. The molecule has 2 aromatic rings. The lowest BCUT2D eigenvalue weighted by molar-refractivity contribution is -0.120. The van der Waals surface area contributed by atoms with Crippen LogP contribution in [0.25, 0.3) is 0 Å². The topological polar surface area (TPSA) is 95.1 Å². The SMILES string of the molecule is CCCOc1ccc(C(C)NC(=O)CNC(=O)c2ccc(OC)c(OC)c2)cc1OCCC. The molecule has 0 bridgehead atoms. The summed E-state index contributed by atoms with van der Waals surface area (Å²) in [6.45, 7) is 6.98. The third-order valence-corrected chi connectivity index (χ3v) is 4.82. The Hall–Kier alpha value is -3.42. The van der Waals surface area contributed by atoms with Crippen LogP contribution in [0.3, 0.4) is 0 Å². The standard InChI is InChI=1S/C25H34N2O6/c1-6-12-32-21-11-8-18(14-23(21)33-13-7-2)17(3)27-24(28)16-26-25(29)19-9-10-20(30-4)22(15-19)31-5/h8-11,14-15,17H,6-7,12-13,16H2,1-5H3,(H,26,29)(H,27,28). The number of amides is 2. The highest BCUT2D eigenvalue weighted by molar-refractivity contribution is 5.97. The van der Waals surface area contributed by atoms with Crippen molar-refractivity contribution in [1.29, 1.82) is 0 Å². The highest BCUT2D eigenvalue weighted by atomic mass is 16.5. The fourth-order valence-electron chi connectivity index (χ4n) is 3.07. The smallest absolute Gasteiger partial charge is 0.251 e. The van der Waals surface area contributed by atoms with Gasteiger partial charge in [0, 0.05) is 5.56 Å². The lowest BCUT2D eigenvalue weighted by Crippen LogP contribution is -2.38. The van der Waals surface area contributed by atoms with Crippen molar-refractivity contribution < 1.29 is 28.5 Å². The van der Waals surface area contributed by atoms with Crippen LogP contribution in [-0.4, -0.2) is 45.8 Å². The second-order valence-electron chi connectivity index (χ2n) is 7.44. The Balaban J connectivity index is 1.97. The summed E-state index contributed by atoms with van der Waals surface area (Å²) in [6, 6.07) is 10.2. The molecule has 0 saturated heterocycles. The first-order valence-electron chi connectivity index (χ1n) is 11.1. The summed E-state index contributed by atoms with van der Waals surface area (Å²) in [5, 5.41) is 5.52. The number of hydrogen-bond donors (Lipinski definition) is 2. The number of methoxy groups -OCH3 is 2. The summed E-state index contributed by atoms with van der Waals surface area (Å²) >= 11 is 0. The second-order valence-corrected chi connectivity index (χ2v) is 7.44. The second kappa shape index (κ2) is 13.2. The largest absolute Gasteiger partial charge is 0.493 e. The third kappa shape index (κ3) is 7.59. The van der Waals surface area contributed by atoms with Crippen LogP contribution in [0.4, 0.5) is 0 Å². The van der Waals surface area contributed by atoms with Gasteiger partial charge in [-0.3, -0.25) is 9.59 Å². The number of hydrogen-bond acceptors (Lipinski definition) is 6. The van der Waals surface area contributed by atoms with Crippen molar-refractivity contribution in [3.8, 4) is 23.0 Å². The molecule has 0 aliphatic rings. The Morgan fingerprint density at radius 2 is 1.48 bits per heavy atom. The maximum atomic E-state index is 12.4. The molecule has 0 saturated carbocycles. The fraction of sp³-hybridized carbons (Fsp3) is 0.440. The first-order chi connectivity index (χ1) is 15.9. The Morgan fingerprint density at radius 3 is 2.12 bits per heavy atom. The maximum absolute atomic E-state index is 12.4. The number of benzene rings is 2. The van der Waals surface area contributed by atoms with Gasteiger partial charge in [-0.15, -0.1) is 0 Å². The monoisotopic (exact) mass is 458 g/mol. The van der Waals surface area contributed by atoms with Crippen molar-refractivity contribution >= 4 is 11.8 Å². The van der Waals surface area contributed by atoms with Gasteiger partial charge in [-0.2, -0.15) is 0 Å². The normalized spacial score (nSPS) is 11.3. The lowest BCUT2D eigenvalue weighted by atomic mass is 10.1. The summed E-state index contributed by atoms with van der Waals surface area (Å²) in [5.41, 5.74) is 1.25. The highest BCUT2D eigenvalue weighted by Crippen LogP contribution is 2.31. The Labute approximate surface area is 195 Å². The Morgan fingerprint density at radius 1 is 0.848 bits per heavy atom. The van der Waals surface area contributed by atoms with E-state index in [1.807, 2.05) is 39.0 Å². The van der Waals surface area contributed by atoms with Crippen LogP contribution in [0.15, 0.2) is 36.4 Å². The number of ether oxygens (including phenoxy) is 4. The van der Waals surface area contributed by atoms with Crippen LogP contribution in [0.1, 0.15) is 55.6 Å². The van der Waals surface area contributed by atoms with Crippen LogP contribution in [-0.2, 0) is 4.79 Å². The predicted octanol–water partition coefficient (Wildman–Crippen LogP) is 3.89. The number of carbonyl (C=O) groups excluding carboxylic acids is 2. The molecule has 1 unspecified atom stereocenters. The van der Waals surface area contributed by atoms with Gasteiger partial charge in [0.2, 0.25) is 5.91 Å². The van der Waals surface area contributed by atoms with Crippen LogP contribution >= 0.6 is 0 Å². The molecule has 0 aromatic heterocycles. The van der Waals surface area contributed by atoms with Gasteiger partial charge in [-0.25, -0.2) is 0 Å². The molecule has 33 heavy (non-hydrogen) atoms. The van der Waals surface area contributed by atoms with Gasteiger partial charge in [0.15, 0.2) is 23.0 Å². The van der Waals surface area contributed by atoms with Crippen molar-refractivity contribution in [3.63, 3.8) is 0 Å². The Bertz CT molecular complexity index is 931. The van der Waals surface area contributed by atoms with Gasteiger partial charge in [-0.1, -0.05) is 19.9 Å². The minimum absolute atomic E-state index is 0.158. The molecule has 0 fully saturated rings. The molecular formula is C25H34N2O6. The molecule has 0 aliphatic carbocycles. The molecule has 2 amide bonds. The molecule has 1 atom stereocenters. The first kappa shape index (κ1) is 25.8. The molecule has 180 valence electrons. The zero-order valence-electron chi connectivity index (χ0n) is 20.0. The van der Waals surface area contributed by atoms with Crippen LogP contribution < -0.4 is 29.6 Å². The maximum Gasteiger partial charge on any atom is 0.251 e. The average Bonchev–Trinajstić information content (AvgIpc) is 2.84. The van der Waals surface area contributed by atoms with Gasteiger partial charge in [0.25, 0.3) is 5.91 Å². The van der Waals surface area contributed by atoms with Gasteiger partial charge in [0.05, 0.1) is 40.0 Å². The van der Waals surface area contributed by atoms with E-state index in [1.54, 1.807) is 18.2 Å². The molecule has 0 aliphatic heterocycles. The molecule has 0 spiro atoms. The summed E-state index contributed by atoms with van der Waals surface area (Å²) in [6.07, 6.45) is 1.78. The van der Waals surface area contributed by atoms with Gasteiger partial charge in [0.1, 0.15) is 0 Å². The van der Waals surface area contributed by atoms with E-state index in [-0.39, 0.29) is 24.4 Å². The summed E-state index contributed by atoms with van der Waals surface area (Å²) in [4.78, 5) is 24.8. The zero-order chi connectivity index (χ0) is 24.2. The predicted molar refractivity (Wildman–Crippen MR) is 126 cm³/mol. The first-order valence-corrected chi connectivity index (χ1v) is 11.1. The quantitative estimate of drug-likeness (QED) is 0.473. The molecule has 0 radical (unpaired) electrons. The van der Waals surface area contributed by atoms with Gasteiger partial charge >= 0.3 is 0 Å². The van der Waals surface area contributed by atoms with E-state index in [9.17, 15) is 9.59 Å². The van der Waals surface area contributed by atoms with Gasteiger partial charge < -0.3 is 29.6 Å². The average molecular weight is 459 g/mol. The Kier molecular flexibility index (Phi) is 10.3. The highest BCUT2D eigenvalue weighted by Gasteiger charge is 2.15. The summed E-state index contributed by atoms with van der Waals surface area (Å²) in [7, 11) is 3.02.